The van der Waals surface area contributed by atoms with Gasteiger partial charge in [0.2, 0.25) is 5.43 Å². The number of ether oxygens (including phenoxy) is 1. The molecule has 5 heteroatoms. The zero-order valence-electron chi connectivity index (χ0n) is 9.94. The molecule has 0 saturated carbocycles. The lowest BCUT2D eigenvalue weighted by Gasteiger charge is -2.05. The zero-order chi connectivity index (χ0) is 13.3. The number of Topliss-reactive ketones (excluding diaryl/α,β-unsaturated/α-hetero) is 1. The molecule has 0 atom stereocenters. The number of carbonyl (C=O) groups is 2. The molecular formula is C13H11NO4. The number of aromatic amines is 1. The van der Waals surface area contributed by atoms with Crippen molar-refractivity contribution in [3.63, 3.8) is 0 Å². The van der Waals surface area contributed by atoms with Gasteiger partial charge in [0, 0.05) is 16.6 Å². The van der Waals surface area contributed by atoms with E-state index in [2.05, 4.69) is 9.72 Å². The van der Waals surface area contributed by atoms with Crippen molar-refractivity contribution in [2.45, 2.75) is 6.92 Å². The quantitative estimate of drug-likeness (QED) is 0.490. The van der Waals surface area contributed by atoms with Gasteiger partial charge in [-0.25, -0.2) is 4.79 Å². The van der Waals surface area contributed by atoms with Crippen molar-refractivity contribution >= 4 is 22.7 Å². The number of para-hydroxylation sites is 1. The van der Waals surface area contributed by atoms with Crippen LogP contribution in [-0.2, 0) is 9.53 Å². The average molecular weight is 245 g/mol. The summed E-state index contributed by atoms with van der Waals surface area (Å²) in [5.74, 6) is -1.97. The molecule has 18 heavy (non-hydrogen) atoms. The first-order valence-corrected chi connectivity index (χ1v) is 5.30. The Kier molecular flexibility index (Phi) is 2.97. The third-order valence-corrected chi connectivity index (χ3v) is 2.69. The van der Waals surface area contributed by atoms with Gasteiger partial charge in [-0.15, -0.1) is 0 Å². The Morgan fingerprint density at radius 2 is 1.89 bits per heavy atom. The maximum Gasteiger partial charge on any atom is 0.379 e. The molecule has 2 aromatic rings. The minimum absolute atomic E-state index is 0.166. The minimum atomic E-state index is -1.04. The van der Waals surface area contributed by atoms with Gasteiger partial charge >= 0.3 is 5.97 Å². The number of H-pyrrole nitrogens is 1. The Labute approximate surface area is 102 Å². The first kappa shape index (κ1) is 12.0. The van der Waals surface area contributed by atoms with Gasteiger partial charge in [0.1, 0.15) is 0 Å². The fraction of sp³-hybridized carbons (Fsp3) is 0.154. The standard InChI is InChI=1S/C13H11NO4/c1-7-10(12(16)13(17)18-2)11(15)8-5-3-4-6-9(8)14-7/h3-6H,1-2H3,(H,14,15). The molecule has 1 heterocycles. The van der Waals surface area contributed by atoms with E-state index in [9.17, 15) is 14.4 Å². The number of pyridine rings is 1. The van der Waals surface area contributed by atoms with Crippen LogP contribution in [0.4, 0.5) is 0 Å². The molecule has 1 aromatic carbocycles. The summed E-state index contributed by atoms with van der Waals surface area (Å²) in [6, 6.07) is 6.80. The average Bonchev–Trinajstić information content (AvgIpc) is 2.37. The van der Waals surface area contributed by atoms with Crippen LogP contribution in [0, 0.1) is 6.92 Å². The summed E-state index contributed by atoms with van der Waals surface area (Å²) in [7, 11) is 1.10. The highest BCUT2D eigenvalue weighted by Gasteiger charge is 2.23. The molecule has 0 fully saturated rings. The number of fused-ring (bicyclic) bond motifs is 1. The number of rotatable bonds is 2. The Morgan fingerprint density at radius 1 is 1.22 bits per heavy atom. The molecular weight excluding hydrogens is 234 g/mol. The molecule has 2 rings (SSSR count). The summed E-state index contributed by atoms with van der Waals surface area (Å²) in [6.07, 6.45) is 0. The van der Waals surface area contributed by atoms with E-state index in [0.29, 0.717) is 16.6 Å². The second-order valence-corrected chi connectivity index (χ2v) is 3.82. The van der Waals surface area contributed by atoms with E-state index in [0.717, 1.165) is 7.11 Å². The summed E-state index contributed by atoms with van der Waals surface area (Å²) in [5.41, 5.74) is 0.355. The maximum atomic E-state index is 12.2. The number of esters is 1. The number of ketones is 1. The minimum Gasteiger partial charge on any atom is -0.463 e. The summed E-state index contributed by atoms with van der Waals surface area (Å²) >= 11 is 0. The van der Waals surface area contributed by atoms with E-state index in [1.807, 2.05) is 0 Å². The van der Waals surface area contributed by atoms with Crippen LogP contribution in [0.3, 0.4) is 0 Å². The molecule has 92 valence electrons. The van der Waals surface area contributed by atoms with Gasteiger partial charge in [-0.05, 0) is 19.1 Å². The highest BCUT2D eigenvalue weighted by Crippen LogP contribution is 2.11. The van der Waals surface area contributed by atoms with Crippen molar-refractivity contribution in [2.24, 2.45) is 0 Å². The van der Waals surface area contributed by atoms with Crippen molar-refractivity contribution in [1.29, 1.82) is 0 Å². The fourth-order valence-corrected chi connectivity index (χ4v) is 1.83. The number of methoxy groups -OCH3 is 1. The van der Waals surface area contributed by atoms with E-state index in [1.54, 1.807) is 31.2 Å². The van der Waals surface area contributed by atoms with E-state index in [-0.39, 0.29) is 5.56 Å². The van der Waals surface area contributed by atoms with Crippen LogP contribution in [0.1, 0.15) is 16.1 Å². The summed E-state index contributed by atoms with van der Waals surface area (Å²) in [5, 5.41) is 0.371. The van der Waals surface area contributed by atoms with Crippen LogP contribution in [0.25, 0.3) is 10.9 Å². The summed E-state index contributed by atoms with van der Waals surface area (Å²) in [4.78, 5) is 38.1. The van der Waals surface area contributed by atoms with Crippen molar-refractivity contribution < 1.29 is 14.3 Å². The number of nitrogens with one attached hydrogen (secondary N) is 1. The van der Waals surface area contributed by atoms with Gasteiger partial charge in [0.25, 0.3) is 5.78 Å². The third-order valence-electron chi connectivity index (χ3n) is 2.69. The zero-order valence-corrected chi connectivity index (χ0v) is 9.94. The van der Waals surface area contributed by atoms with Gasteiger partial charge < -0.3 is 9.72 Å². The van der Waals surface area contributed by atoms with Crippen molar-refractivity contribution in [1.82, 2.24) is 4.98 Å². The lowest BCUT2D eigenvalue weighted by atomic mass is 10.1. The second-order valence-electron chi connectivity index (χ2n) is 3.82. The van der Waals surface area contributed by atoms with Gasteiger partial charge in [-0.1, -0.05) is 12.1 Å². The normalized spacial score (nSPS) is 10.3. The predicted octanol–water partition coefficient (Wildman–Crippen LogP) is 1.19. The number of carbonyl (C=O) groups excluding carboxylic acids is 2. The molecule has 0 aliphatic heterocycles. The van der Waals surface area contributed by atoms with E-state index >= 15 is 0 Å². The van der Waals surface area contributed by atoms with E-state index in [1.165, 1.54) is 0 Å². The lowest BCUT2D eigenvalue weighted by molar-refractivity contribution is -0.135. The molecule has 1 aromatic heterocycles. The topological polar surface area (TPSA) is 76.2 Å². The van der Waals surface area contributed by atoms with Crippen molar-refractivity contribution in [3.8, 4) is 0 Å². The number of aromatic nitrogens is 1. The maximum absolute atomic E-state index is 12.2. The Balaban J connectivity index is 2.76. The number of aryl methyl sites for hydroxylation is 1. The van der Waals surface area contributed by atoms with Crippen LogP contribution < -0.4 is 5.43 Å². The summed E-state index contributed by atoms with van der Waals surface area (Å²) in [6.45, 7) is 1.57. The molecule has 0 aliphatic rings. The number of hydrogen-bond donors (Lipinski definition) is 1. The van der Waals surface area contributed by atoms with Crippen LogP contribution >= 0.6 is 0 Å². The van der Waals surface area contributed by atoms with Crippen LogP contribution in [-0.4, -0.2) is 23.8 Å². The third kappa shape index (κ3) is 1.79. The Bertz CT molecular complexity index is 700. The van der Waals surface area contributed by atoms with Crippen LogP contribution in [0.15, 0.2) is 29.1 Å². The highest BCUT2D eigenvalue weighted by atomic mass is 16.5. The smallest absolute Gasteiger partial charge is 0.379 e. The molecule has 0 amide bonds. The van der Waals surface area contributed by atoms with Gasteiger partial charge in [-0.3, -0.25) is 9.59 Å². The number of benzene rings is 1. The van der Waals surface area contributed by atoms with E-state index < -0.39 is 17.2 Å². The largest absolute Gasteiger partial charge is 0.463 e. The molecule has 0 aliphatic carbocycles. The Morgan fingerprint density at radius 3 is 2.56 bits per heavy atom. The molecule has 0 spiro atoms. The predicted molar refractivity (Wildman–Crippen MR) is 65.7 cm³/mol. The monoisotopic (exact) mass is 245 g/mol. The number of hydrogen-bond acceptors (Lipinski definition) is 4. The molecule has 1 N–H and O–H groups in total. The van der Waals surface area contributed by atoms with Gasteiger partial charge in [0.15, 0.2) is 0 Å². The van der Waals surface area contributed by atoms with Gasteiger partial charge in [-0.2, -0.15) is 0 Å². The van der Waals surface area contributed by atoms with Crippen LogP contribution in [0.2, 0.25) is 0 Å². The van der Waals surface area contributed by atoms with Gasteiger partial charge in [0.05, 0.1) is 12.7 Å². The molecule has 5 nitrogen and oxygen atoms in total. The lowest BCUT2D eigenvalue weighted by Crippen LogP contribution is -2.25. The van der Waals surface area contributed by atoms with Crippen molar-refractivity contribution in [3.05, 3.63) is 45.7 Å². The second kappa shape index (κ2) is 4.44. The molecule has 0 bridgehead atoms. The SMILES string of the molecule is COC(=O)C(=O)c1c(C)[nH]c2ccccc2c1=O. The first-order chi connectivity index (χ1) is 8.56. The summed E-state index contributed by atoms with van der Waals surface area (Å²) < 4.78 is 4.35. The van der Waals surface area contributed by atoms with Crippen LogP contribution in [0.5, 0.6) is 0 Å². The molecule has 0 radical (unpaired) electrons. The van der Waals surface area contributed by atoms with Crippen molar-refractivity contribution in [2.75, 3.05) is 7.11 Å². The Hall–Kier alpha value is -2.43. The first-order valence-electron chi connectivity index (χ1n) is 5.30. The van der Waals surface area contributed by atoms with E-state index in [4.69, 9.17) is 0 Å². The fourth-order valence-electron chi connectivity index (χ4n) is 1.83. The molecule has 0 unspecified atom stereocenters. The molecule has 0 saturated heterocycles. The highest BCUT2D eigenvalue weighted by molar-refractivity contribution is 6.41.